The van der Waals surface area contributed by atoms with Crippen molar-refractivity contribution in [3.05, 3.63) is 33.5 Å². The summed E-state index contributed by atoms with van der Waals surface area (Å²) in [5.41, 5.74) is 1.37. The van der Waals surface area contributed by atoms with E-state index in [0.717, 1.165) is 12.4 Å². The van der Waals surface area contributed by atoms with E-state index in [2.05, 4.69) is 47.3 Å². The number of nitrogens with one attached hydrogen (secondary N) is 2. The number of thiophene rings is 1. The molecule has 0 aliphatic rings. The summed E-state index contributed by atoms with van der Waals surface area (Å²) < 4.78 is 0. The molecule has 0 amide bonds. The number of aromatic nitrogens is 3. The topological polar surface area (TPSA) is 53.6 Å². The number of hydrogen-bond donors (Lipinski definition) is 2. The van der Waals surface area contributed by atoms with Gasteiger partial charge in [0.15, 0.2) is 0 Å². The van der Waals surface area contributed by atoms with Gasteiger partial charge in [0.2, 0.25) is 0 Å². The summed E-state index contributed by atoms with van der Waals surface area (Å²) in [6.07, 6.45) is 1.54. The van der Waals surface area contributed by atoms with Crippen LogP contribution in [0.2, 0.25) is 0 Å². The van der Waals surface area contributed by atoms with Crippen LogP contribution in [0.15, 0.2) is 12.4 Å². The Balaban J connectivity index is 1.95. The average molecular weight is 236 g/mol. The average Bonchev–Trinajstić information content (AvgIpc) is 2.84. The maximum atomic E-state index is 4.13. The zero-order valence-corrected chi connectivity index (χ0v) is 10.6. The van der Waals surface area contributed by atoms with Crippen LogP contribution in [0, 0.1) is 13.8 Å². The van der Waals surface area contributed by atoms with Crippen molar-refractivity contribution in [3.8, 4) is 0 Å². The van der Waals surface area contributed by atoms with Crippen LogP contribution in [-0.4, -0.2) is 15.2 Å². The van der Waals surface area contributed by atoms with E-state index in [4.69, 9.17) is 0 Å². The molecule has 0 saturated carbocycles. The second-order valence-electron chi connectivity index (χ2n) is 3.91. The summed E-state index contributed by atoms with van der Waals surface area (Å²) in [5.74, 6) is 0.879. The molecule has 0 radical (unpaired) electrons. The van der Waals surface area contributed by atoms with Gasteiger partial charge in [0.25, 0.3) is 0 Å². The van der Waals surface area contributed by atoms with Gasteiger partial charge in [-0.3, -0.25) is 5.10 Å². The zero-order chi connectivity index (χ0) is 11.5. The highest BCUT2D eigenvalue weighted by molar-refractivity contribution is 7.12. The van der Waals surface area contributed by atoms with Crippen LogP contribution in [0.4, 0.5) is 0 Å². The van der Waals surface area contributed by atoms with Crippen molar-refractivity contribution in [2.45, 2.75) is 33.4 Å². The van der Waals surface area contributed by atoms with Gasteiger partial charge >= 0.3 is 0 Å². The third-order valence-corrected chi connectivity index (χ3v) is 3.59. The third kappa shape index (κ3) is 2.48. The lowest BCUT2D eigenvalue weighted by atomic mass is 10.2. The van der Waals surface area contributed by atoms with Crippen molar-refractivity contribution in [2.24, 2.45) is 0 Å². The van der Waals surface area contributed by atoms with Gasteiger partial charge in [0.05, 0.1) is 6.04 Å². The van der Waals surface area contributed by atoms with E-state index >= 15 is 0 Å². The van der Waals surface area contributed by atoms with Crippen molar-refractivity contribution in [3.63, 3.8) is 0 Å². The fourth-order valence-electron chi connectivity index (χ4n) is 1.64. The summed E-state index contributed by atoms with van der Waals surface area (Å²) in [5, 5.41) is 10.1. The SMILES string of the molecule is Cc1cc(CNC(C)c2ncn[nH]2)c(C)s1. The fourth-order valence-corrected chi connectivity index (χ4v) is 2.59. The number of hydrogen-bond acceptors (Lipinski definition) is 4. The van der Waals surface area contributed by atoms with Crippen LogP contribution >= 0.6 is 11.3 Å². The Kier molecular flexibility index (Phi) is 3.36. The van der Waals surface area contributed by atoms with Gasteiger partial charge < -0.3 is 5.32 Å². The summed E-state index contributed by atoms with van der Waals surface area (Å²) in [4.78, 5) is 6.88. The van der Waals surface area contributed by atoms with Gasteiger partial charge in [-0.05, 0) is 32.4 Å². The largest absolute Gasteiger partial charge is 0.303 e. The minimum atomic E-state index is 0.196. The highest BCUT2D eigenvalue weighted by Crippen LogP contribution is 2.20. The van der Waals surface area contributed by atoms with Crippen molar-refractivity contribution in [1.29, 1.82) is 0 Å². The van der Waals surface area contributed by atoms with E-state index in [1.54, 1.807) is 0 Å². The Morgan fingerprint density at radius 3 is 2.88 bits per heavy atom. The lowest BCUT2D eigenvalue weighted by Crippen LogP contribution is -2.19. The van der Waals surface area contributed by atoms with Crippen LogP contribution in [0.25, 0.3) is 0 Å². The number of rotatable bonds is 4. The van der Waals surface area contributed by atoms with Gasteiger partial charge in [0, 0.05) is 16.3 Å². The molecular formula is C11H16N4S. The monoisotopic (exact) mass is 236 g/mol. The first-order valence-electron chi connectivity index (χ1n) is 5.31. The number of H-pyrrole nitrogens is 1. The van der Waals surface area contributed by atoms with Crippen molar-refractivity contribution < 1.29 is 0 Å². The molecule has 2 aromatic rings. The maximum absolute atomic E-state index is 4.13. The predicted molar refractivity (Wildman–Crippen MR) is 65.4 cm³/mol. The number of aromatic amines is 1. The Morgan fingerprint density at radius 2 is 2.31 bits per heavy atom. The molecule has 86 valence electrons. The van der Waals surface area contributed by atoms with Crippen LogP contribution < -0.4 is 5.32 Å². The maximum Gasteiger partial charge on any atom is 0.141 e. The number of aryl methyl sites for hydroxylation is 2. The third-order valence-electron chi connectivity index (χ3n) is 2.59. The van der Waals surface area contributed by atoms with E-state index in [1.165, 1.54) is 21.6 Å². The molecule has 0 bridgehead atoms. The summed E-state index contributed by atoms with van der Waals surface area (Å²) >= 11 is 1.84. The molecule has 0 aliphatic heterocycles. The molecule has 0 saturated heterocycles. The quantitative estimate of drug-likeness (QED) is 0.856. The number of nitrogens with zero attached hydrogens (tertiary/aromatic N) is 2. The molecule has 2 aromatic heterocycles. The highest BCUT2D eigenvalue weighted by atomic mass is 32.1. The smallest absolute Gasteiger partial charge is 0.141 e. The molecule has 1 atom stereocenters. The lowest BCUT2D eigenvalue weighted by molar-refractivity contribution is 0.548. The molecule has 2 N–H and O–H groups in total. The predicted octanol–water partition coefficient (Wildman–Crippen LogP) is 2.33. The van der Waals surface area contributed by atoms with Gasteiger partial charge in [-0.1, -0.05) is 0 Å². The normalized spacial score (nSPS) is 12.9. The molecule has 5 heteroatoms. The Bertz CT molecular complexity index is 447. The second kappa shape index (κ2) is 4.76. The first kappa shape index (κ1) is 11.3. The van der Waals surface area contributed by atoms with Crippen LogP contribution in [-0.2, 0) is 6.54 Å². The molecule has 2 heterocycles. The van der Waals surface area contributed by atoms with Crippen molar-refractivity contribution >= 4 is 11.3 Å². The molecule has 0 aliphatic carbocycles. The molecule has 0 spiro atoms. The van der Waals surface area contributed by atoms with Crippen LogP contribution in [0.5, 0.6) is 0 Å². The molecule has 2 rings (SSSR count). The van der Waals surface area contributed by atoms with E-state index in [1.807, 2.05) is 11.3 Å². The second-order valence-corrected chi connectivity index (χ2v) is 5.37. The van der Waals surface area contributed by atoms with Crippen LogP contribution in [0.1, 0.15) is 34.1 Å². The van der Waals surface area contributed by atoms with E-state index in [0.29, 0.717) is 0 Å². The highest BCUT2D eigenvalue weighted by Gasteiger charge is 2.09. The summed E-state index contributed by atoms with van der Waals surface area (Å²) in [6, 6.07) is 2.43. The first-order chi connectivity index (χ1) is 7.66. The molecule has 1 unspecified atom stereocenters. The van der Waals surface area contributed by atoms with E-state index < -0.39 is 0 Å². The Labute approximate surface area is 99.1 Å². The fraction of sp³-hybridized carbons (Fsp3) is 0.455. The van der Waals surface area contributed by atoms with E-state index in [9.17, 15) is 0 Å². The zero-order valence-electron chi connectivity index (χ0n) is 9.74. The van der Waals surface area contributed by atoms with Crippen molar-refractivity contribution in [1.82, 2.24) is 20.5 Å². The summed E-state index contributed by atoms with van der Waals surface area (Å²) in [6.45, 7) is 7.25. The van der Waals surface area contributed by atoms with E-state index in [-0.39, 0.29) is 6.04 Å². The van der Waals surface area contributed by atoms with Crippen LogP contribution in [0.3, 0.4) is 0 Å². The summed E-state index contributed by atoms with van der Waals surface area (Å²) in [7, 11) is 0. The lowest BCUT2D eigenvalue weighted by Gasteiger charge is -2.10. The standard InChI is InChI=1S/C11H16N4S/c1-7-4-10(9(3)16-7)5-12-8(2)11-13-6-14-15-11/h4,6,8,12H,5H2,1-3H3,(H,13,14,15). The Morgan fingerprint density at radius 1 is 1.50 bits per heavy atom. The van der Waals surface area contributed by atoms with Gasteiger partial charge in [-0.25, -0.2) is 4.98 Å². The molecule has 0 fully saturated rings. The molecule has 4 nitrogen and oxygen atoms in total. The minimum absolute atomic E-state index is 0.196. The molecule has 0 aromatic carbocycles. The minimum Gasteiger partial charge on any atom is -0.303 e. The molecule has 16 heavy (non-hydrogen) atoms. The molecular weight excluding hydrogens is 220 g/mol. The van der Waals surface area contributed by atoms with Gasteiger partial charge in [0.1, 0.15) is 12.2 Å². The van der Waals surface area contributed by atoms with Crippen molar-refractivity contribution in [2.75, 3.05) is 0 Å². The Hall–Kier alpha value is -1.20. The van der Waals surface area contributed by atoms with Gasteiger partial charge in [-0.15, -0.1) is 11.3 Å². The first-order valence-corrected chi connectivity index (χ1v) is 6.13. The van der Waals surface area contributed by atoms with Gasteiger partial charge in [-0.2, -0.15) is 5.10 Å².